The molecule has 0 amide bonds. The van der Waals surface area contributed by atoms with Gasteiger partial charge in [0.2, 0.25) is 0 Å². The second-order valence-electron chi connectivity index (χ2n) is 9.05. The standard InChI is InChI=1S/C24H44O4/c1-2-3-4-5-6-8-13-20-15-11-16-21(20)14-9-7-10-17-22(24(25)26)28-23-18-12-19-27-23/h20-23H,2-19H2,1H3,(H,25,26)/t20-,21-,22?,23?/m0/s1. The molecule has 1 heterocycles. The Morgan fingerprint density at radius 3 is 2.18 bits per heavy atom. The lowest BCUT2D eigenvalue weighted by Crippen LogP contribution is -2.29. The van der Waals surface area contributed by atoms with E-state index in [4.69, 9.17) is 9.47 Å². The molecule has 0 aromatic rings. The number of ether oxygens (including phenoxy) is 2. The fourth-order valence-electron chi connectivity index (χ4n) is 5.06. The van der Waals surface area contributed by atoms with Crippen LogP contribution in [0.2, 0.25) is 0 Å². The second kappa shape index (κ2) is 14.4. The molecule has 0 spiro atoms. The van der Waals surface area contributed by atoms with E-state index in [0.717, 1.165) is 37.5 Å². The average molecular weight is 397 g/mol. The topological polar surface area (TPSA) is 55.8 Å². The van der Waals surface area contributed by atoms with E-state index < -0.39 is 12.1 Å². The third kappa shape index (κ3) is 9.26. The summed E-state index contributed by atoms with van der Waals surface area (Å²) in [5.74, 6) is 1.04. The van der Waals surface area contributed by atoms with Crippen LogP contribution in [0.1, 0.15) is 116 Å². The Kier molecular flexibility index (Phi) is 12.2. The highest BCUT2D eigenvalue weighted by Gasteiger charge is 2.27. The Balaban J connectivity index is 1.52. The molecule has 0 aromatic heterocycles. The number of carboxylic acids is 1. The summed E-state index contributed by atoms with van der Waals surface area (Å²) >= 11 is 0. The van der Waals surface area contributed by atoms with E-state index in [-0.39, 0.29) is 6.29 Å². The molecular weight excluding hydrogens is 352 g/mol. The van der Waals surface area contributed by atoms with E-state index >= 15 is 0 Å². The van der Waals surface area contributed by atoms with E-state index in [9.17, 15) is 9.90 Å². The Morgan fingerprint density at radius 1 is 0.929 bits per heavy atom. The highest BCUT2D eigenvalue weighted by Crippen LogP contribution is 2.38. The minimum atomic E-state index is -0.842. The highest BCUT2D eigenvalue weighted by molar-refractivity contribution is 5.72. The van der Waals surface area contributed by atoms with Crippen molar-refractivity contribution < 1.29 is 19.4 Å². The molecule has 2 fully saturated rings. The highest BCUT2D eigenvalue weighted by atomic mass is 16.7. The maximum absolute atomic E-state index is 11.4. The molecule has 1 aliphatic heterocycles. The van der Waals surface area contributed by atoms with Gasteiger partial charge >= 0.3 is 5.97 Å². The third-order valence-corrected chi connectivity index (χ3v) is 6.77. The SMILES string of the molecule is CCCCCCCC[C@H]1CCC[C@@H]1CCCCCC(OC1CCCO1)C(=O)O. The Bertz CT molecular complexity index is 405. The van der Waals surface area contributed by atoms with Crippen molar-refractivity contribution in [2.75, 3.05) is 6.61 Å². The summed E-state index contributed by atoms with van der Waals surface area (Å²) in [6, 6.07) is 0. The van der Waals surface area contributed by atoms with E-state index in [1.54, 1.807) is 0 Å². The van der Waals surface area contributed by atoms with Crippen molar-refractivity contribution >= 4 is 5.97 Å². The number of carbonyl (C=O) groups is 1. The van der Waals surface area contributed by atoms with Crippen LogP contribution >= 0.6 is 0 Å². The third-order valence-electron chi connectivity index (χ3n) is 6.77. The first-order chi connectivity index (χ1) is 13.7. The molecule has 1 saturated heterocycles. The van der Waals surface area contributed by atoms with Gasteiger partial charge in [-0.15, -0.1) is 0 Å². The van der Waals surface area contributed by atoms with E-state index in [2.05, 4.69) is 6.92 Å². The van der Waals surface area contributed by atoms with E-state index in [1.165, 1.54) is 77.0 Å². The van der Waals surface area contributed by atoms with Crippen LogP contribution in [0, 0.1) is 11.8 Å². The summed E-state index contributed by atoms with van der Waals surface area (Å²) in [4.78, 5) is 11.4. The van der Waals surface area contributed by atoms with Crippen molar-refractivity contribution in [2.45, 2.75) is 128 Å². The van der Waals surface area contributed by atoms with Gasteiger partial charge in [0.15, 0.2) is 12.4 Å². The lowest BCUT2D eigenvalue weighted by molar-refractivity contribution is -0.178. The van der Waals surface area contributed by atoms with Gasteiger partial charge in [-0.1, -0.05) is 96.8 Å². The fourth-order valence-corrected chi connectivity index (χ4v) is 5.06. The normalized spacial score (nSPS) is 26.0. The molecule has 4 atom stereocenters. The number of unbranched alkanes of at least 4 members (excludes halogenated alkanes) is 7. The molecular formula is C24H44O4. The Morgan fingerprint density at radius 2 is 1.57 bits per heavy atom. The number of hydrogen-bond acceptors (Lipinski definition) is 3. The largest absolute Gasteiger partial charge is 0.479 e. The van der Waals surface area contributed by atoms with Gasteiger partial charge in [-0.2, -0.15) is 0 Å². The summed E-state index contributed by atoms with van der Waals surface area (Å²) in [6.45, 7) is 2.97. The summed E-state index contributed by atoms with van der Waals surface area (Å²) in [5.41, 5.74) is 0. The van der Waals surface area contributed by atoms with Gasteiger partial charge in [-0.05, 0) is 24.7 Å². The van der Waals surface area contributed by atoms with Crippen molar-refractivity contribution in [3.05, 3.63) is 0 Å². The van der Waals surface area contributed by atoms with Crippen molar-refractivity contribution in [3.8, 4) is 0 Å². The zero-order valence-corrected chi connectivity index (χ0v) is 18.2. The molecule has 164 valence electrons. The molecule has 1 aliphatic carbocycles. The van der Waals surface area contributed by atoms with Crippen LogP contribution in [0.3, 0.4) is 0 Å². The molecule has 2 rings (SSSR count). The minimum Gasteiger partial charge on any atom is -0.479 e. The van der Waals surface area contributed by atoms with Crippen LogP contribution in [0.25, 0.3) is 0 Å². The minimum absolute atomic E-state index is 0.303. The molecule has 2 aliphatic rings. The number of hydrogen-bond donors (Lipinski definition) is 1. The summed E-state index contributed by atoms with van der Waals surface area (Å²) < 4.78 is 11.0. The first-order valence-corrected chi connectivity index (χ1v) is 12.2. The van der Waals surface area contributed by atoms with Gasteiger partial charge in [0, 0.05) is 13.0 Å². The summed E-state index contributed by atoms with van der Waals surface area (Å²) in [6.07, 6.45) is 20.2. The van der Waals surface area contributed by atoms with Crippen LogP contribution in [0.5, 0.6) is 0 Å². The van der Waals surface area contributed by atoms with Crippen LogP contribution in [-0.4, -0.2) is 30.1 Å². The lowest BCUT2D eigenvalue weighted by atomic mass is 9.86. The lowest BCUT2D eigenvalue weighted by Gasteiger charge is -2.20. The number of rotatable bonds is 16. The van der Waals surface area contributed by atoms with Crippen molar-refractivity contribution in [1.29, 1.82) is 0 Å². The van der Waals surface area contributed by atoms with Gasteiger partial charge < -0.3 is 14.6 Å². The smallest absolute Gasteiger partial charge is 0.332 e. The molecule has 1 N–H and O–H groups in total. The molecule has 1 saturated carbocycles. The molecule has 28 heavy (non-hydrogen) atoms. The summed E-state index contributed by atoms with van der Waals surface area (Å²) in [5, 5.41) is 9.37. The van der Waals surface area contributed by atoms with E-state index in [1.807, 2.05) is 0 Å². The zero-order chi connectivity index (χ0) is 20.0. The average Bonchev–Trinajstić information content (AvgIpc) is 3.35. The molecule has 2 unspecified atom stereocenters. The molecule has 0 radical (unpaired) electrons. The van der Waals surface area contributed by atoms with Gasteiger partial charge in [-0.3, -0.25) is 0 Å². The second-order valence-corrected chi connectivity index (χ2v) is 9.05. The van der Waals surface area contributed by atoms with Gasteiger partial charge in [0.1, 0.15) is 0 Å². The molecule has 4 heteroatoms. The maximum Gasteiger partial charge on any atom is 0.332 e. The number of aliphatic carboxylic acids is 1. The van der Waals surface area contributed by atoms with Crippen LogP contribution < -0.4 is 0 Å². The monoisotopic (exact) mass is 396 g/mol. The van der Waals surface area contributed by atoms with Crippen LogP contribution in [0.15, 0.2) is 0 Å². The fraction of sp³-hybridized carbons (Fsp3) is 0.958. The predicted octanol–water partition coefficient (Wildman–Crippen LogP) is 6.71. The van der Waals surface area contributed by atoms with Crippen molar-refractivity contribution in [2.24, 2.45) is 11.8 Å². The van der Waals surface area contributed by atoms with Crippen LogP contribution in [-0.2, 0) is 14.3 Å². The molecule has 4 nitrogen and oxygen atoms in total. The summed E-state index contributed by atoms with van der Waals surface area (Å²) in [7, 11) is 0. The first kappa shape index (κ1) is 23.7. The molecule has 0 aromatic carbocycles. The Labute approximate surface area is 172 Å². The van der Waals surface area contributed by atoms with Crippen LogP contribution in [0.4, 0.5) is 0 Å². The van der Waals surface area contributed by atoms with Gasteiger partial charge in [0.25, 0.3) is 0 Å². The number of carboxylic acid groups (broad SMARTS) is 1. The quantitative estimate of drug-likeness (QED) is 0.295. The predicted molar refractivity (Wildman–Crippen MR) is 113 cm³/mol. The van der Waals surface area contributed by atoms with Gasteiger partial charge in [-0.25, -0.2) is 4.79 Å². The van der Waals surface area contributed by atoms with Crippen molar-refractivity contribution in [1.82, 2.24) is 0 Å². The first-order valence-electron chi connectivity index (χ1n) is 12.2. The van der Waals surface area contributed by atoms with Gasteiger partial charge in [0.05, 0.1) is 0 Å². The maximum atomic E-state index is 11.4. The van der Waals surface area contributed by atoms with E-state index in [0.29, 0.717) is 13.0 Å². The van der Waals surface area contributed by atoms with Crippen molar-refractivity contribution in [3.63, 3.8) is 0 Å². The Hall–Kier alpha value is -0.610. The zero-order valence-electron chi connectivity index (χ0n) is 18.2. The molecule has 0 bridgehead atoms.